The molecule has 5 aliphatic rings. The zero-order valence-corrected chi connectivity index (χ0v) is 31.6. The smallest absolute Gasteiger partial charge is 0.410 e. The van der Waals surface area contributed by atoms with E-state index in [2.05, 4.69) is 15.4 Å². The number of sulfonamides is 1. The Morgan fingerprint density at radius 1 is 1.08 bits per heavy atom. The molecule has 5 atom stereocenters. The van der Waals surface area contributed by atoms with Crippen LogP contribution >= 0.6 is 11.6 Å². The van der Waals surface area contributed by atoms with E-state index in [0.717, 1.165) is 24.0 Å². The van der Waals surface area contributed by atoms with E-state index in [1.54, 1.807) is 39.8 Å². The second kappa shape index (κ2) is 14.2. The van der Waals surface area contributed by atoms with Crippen molar-refractivity contribution in [3.8, 4) is 0 Å². The van der Waals surface area contributed by atoms with Crippen LogP contribution < -0.4 is 15.4 Å². The maximum absolute atomic E-state index is 14.3. The molecule has 5 amide bonds. The Bertz CT molecular complexity index is 1770. The van der Waals surface area contributed by atoms with Gasteiger partial charge in [0, 0.05) is 23.9 Å². The molecule has 3 heterocycles. The molecule has 16 heteroatoms. The van der Waals surface area contributed by atoms with Crippen LogP contribution in [0.2, 0.25) is 5.02 Å². The van der Waals surface area contributed by atoms with Gasteiger partial charge in [-0.05, 0) is 83.4 Å². The Hall–Kier alpha value is -3.85. The van der Waals surface area contributed by atoms with E-state index in [9.17, 15) is 32.4 Å². The van der Waals surface area contributed by atoms with E-state index in [1.165, 1.54) is 9.80 Å². The van der Waals surface area contributed by atoms with Crippen molar-refractivity contribution in [2.45, 2.75) is 133 Å². The number of rotatable bonds is 5. The minimum absolute atomic E-state index is 0.0847. The molecule has 0 aromatic heterocycles. The van der Waals surface area contributed by atoms with Gasteiger partial charge in [0.2, 0.25) is 21.8 Å². The molecule has 1 aromatic rings. The number of nitrogens with zero attached hydrogens (tertiary/aromatic N) is 2. The van der Waals surface area contributed by atoms with Crippen LogP contribution in [0.25, 0.3) is 0 Å². The van der Waals surface area contributed by atoms with Crippen LogP contribution in [-0.2, 0) is 47.0 Å². The van der Waals surface area contributed by atoms with Crippen molar-refractivity contribution in [2.75, 3.05) is 6.54 Å². The predicted octanol–water partition coefficient (Wildman–Crippen LogP) is 4.05. The standard InChI is InChI=1S/C36H48ClN5O9S/c1-34(2,3)51-32(46)38-27-14-9-7-5-6-8-12-23-18-36(23,31(45)40-52(48,49)35(4)15-16-35)39-29(43)28-17-24(20-42(28)30(27)44)50-33(47)41-19-22-11-10-13-26(37)25(22)21-41/h8,10-13,23-24,27-28H,5-7,9,14-21H2,1-4H3,(H,38,46)(H,39,43)(H,40,45)/b12-8-/t23-,24+,27-,28-,36+/m0/s1. The maximum Gasteiger partial charge on any atom is 0.410 e. The predicted molar refractivity (Wildman–Crippen MR) is 190 cm³/mol. The highest BCUT2D eigenvalue weighted by atomic mass is 35.5. The first-order valence-corrected chi connectivity index (χ1v) is 19.8. The minimum atomic E-state index is -4.00. The normalized spacial score (nSPS) is 29.2. The van der Waals surface area contributed by atoms with Crippen molar-refractivity contribution in [3.63, 3.8) is 0 Å². The summed E-state index contributed by atoms with van der Waals surface area (Å²) < 4.78 is 38.7. The number of alkyl carbamates (subject to hydrolysis) is 1. The number of carbonyl (C=O) groups excluding carboxylic acids is 5. The average molecular weight is 762 g/mol. The van der Waals surface area contributed by atoms with E-state index >= 15 is 0 Å². The molecule has 1 saturated heterocycles. The molecule has 1 aromatic carbocycles. The van der Waals surface area contributed by atoms with Crippen molar-refractivity contribution in [1.82, 2.24) is 25.2 Å². The Morgan fingerprint density at radius 3 is 2.52 bits per heavy atom. The van der Waals surface area contributed by atoms with Crippen LogP contribution in [0, 0.1) is 5.92 Å². The zero-order chi connectivity index (χ0) is 37.6. The van der Waals surface area contributed by atoms with E-state index in [0.29, 0.717) is 30.7 Å². The topological polar surface area (TPSA) is 181 Å². The number of nitrogens with one attached hydrogen (secondary N) is 3. The molecule has 284 valence electrons. The van der Waals surface area contributed by atoms with E-state index in [1.807, 2.05) is 18.2 Å². The minimum Gasteiger partial charge on any atom is -0.444 e. The van der Waals surface area contributed by atoms with Crippen LogP contribution in [0.1, 0.15) is 96.6 Å². The molecule has 14 nitrogen and oxygen atoms in total. The third-order valence-electron chi connectivity index (χ3n) is 10.6. The van der Waals surface area contributed by atoms with Crippen LogP contribution in [0.3, 0.4) is 0 Å². The van der Waals surface area contributed by atoms with Crippen molar-refractivity contribution < 1.29 is 41.9 Å². The number of hydrogen-bond donors (Lipinski definition) is 3. The van der Waals surface area contributed by atoms with Gasteiger partial charge in [-0.2, -0.15) is 0 Å². The molecule has 0 radical (unpaired) electrons. The average Bonchev–Trinajstić information content (AvgIpc) is 3.84. The van der Waals surface area contributed by atoms with E-state index in [-0.39, 0.29) is 38.9 Å². The number of amides is 5. The third-order valence-corrected chi connectivity index (χ3v) is 13.1. The zero-order valence-electron chi connectivity index (χ0n) is 30.0. The Labute approximate surface area is 309 Å². The molecule has 2 aliphatic carbocycles. The van der Waals surface area contributed by atoms with Crippen molar-refractivity contribution in [1.29, 1.82) is 0 Å². The van der Waals surface area contributed by atoms with Gasteiger partial charge in [-0.1, -0.05) is 48.7 Å². The fraction of sp³-hybridized carbons (Fsp3) is 0.639. The molecule has 3 aliphatic heterocycles. The van der Waals surface area contributed by atoms with E-state index < -0.39 is 79.9 Å². The largest absolute Gasteiger partial charge is 0.444 e. The third kappa shape index (κ3) is 8.04. The number of ether oxygens (including phenoxy) is 2. The second-order valence-corrected chi connectivity index (χ2v) is 18.5. The summed E-state index contributed by atoms with van der Waals surface area (Å²) in [6.45, 7) is 7.06. The molecule has 3 fully saturated rings. The lowest BCUT2D eigenvalue weighted by atomic mass is 10.0. The molecular weight excluding hydrogens is 714 g/mol. The Balaban J connectivity index is 1.26. The summed E-state index contributed by atoms with van der Waals surface area (Å²) in [7, 11) is -4.00. The second-order valence-electron chi connectivity index (χ2n) is 15.9. The molecule has 2 saturated carbocycles. The molecule has 0 unspecified atom stereocenters. The first-order valence-electron chi connectivity index (χ1n) is 18.0. The highest BCUT2D eigenvalue weighted by molar-refractivity contribution is 7.91. The van der Waals surface area contributed by atoms with Gasteiger partial charge in [0.15, 0.2) is 0 Å². The highest BCUT2D eigenvalue weighted by Gasteiger charge is 2.63. The molecule has 3 N–H and O–H groups in total. The monoisotopic (exact) mass is 761 g/mol. The summed E-state index contributed by atoms with van der Waals surface area (Å²) in [6.07, 6.45) is 5.40. The summed E-state index contributed by atoms with van der Waals surface area (Å²) >= 11 is 6.36. The summed E-state index contributed by atoms with van der Waals surface area (Å²) in [4.78, 5) is 71.4. The maximum atomic E-state index is 14.3. The van der Waals surface area contributed by atoms with Gasteiger partial charge in [0.25, 0.3) is 5.91 Å². The van der Waals surface area contributed by atoms with Crippen molar-refractivity contribution >= 4 is 51.5 Å². The molecule has 52 heavy (non-hydrogen) atoms. The van der Waals surface area contributed by atoms with Gasteiger partial charge in [-0.15, -0.1) is 0 Å². The SMILES string of the molecule is CC(C)(C)OC(=O)N[C@H]1CCCCC/C=C\[C@H]2C[C@@]2(C(=O)NS(=O)(=O)C2(C)CC2)NC(=O)[C@@H]2C[C@@H](OC(=O)N3Cc4cccc(Cl)c4C3)CN2C1=O. The van der Waals surface area contributed by atoms with Crippen molar-refractivity contribution in [3.05, 3.63) is 46.5 Å². The number of hydrogen-bond acceptors (Lipinski definition) is 9. The quantitative estimate of drug-likeness (QED) is 0.373. The van der Waals surface area contributed by atoms with Crippen LogP contribution in [0.15, 0.2) is 30.4 Å². The van der Waals surface area contributed by atoms with Gasteiger partial charge >= 0.3 is 12.2 Å². The number of fused-ring (bicyclic) bond motifs is 3. The van der Waals surface area contributed by atoms with Gasteiger partial charge in [-0.25, -0.2) is 18.0 Å². The summed E-state index contributed by atoms with van der Waals surface area (Å²) in [5, 5.41) is 6.05. The summed E-state index contributed by atoms with van der Waals surface area (Å²) in [5.74, 6) is -2.55. The number of allylic oxidation sites excluding steroid dienone is 1. The van der Waals surface area contributed by atoms with Crippen LogP contribution in [0.4, 0.5) is 9.59 Å². The number of benzene rings is 1. The van der Waals surface area contributed by atoms with Gasteiger partial charge in [0.1, 0.15) is 29.3 Å². The fourth-order valence-electron chi connectivity index (χ4n) is 7.12. The summed E-state index contributed by atoms with van der Waals surface area (Å²) in [5.41, 5.74) is -0.665. The van der Waals surface area contributed by atoms with Gasteiger partial charge < -0.3 is 25.0 Å². The Kier molecular flexibility index (Phi) is 10.3. The van der Waals surface area contributed by atoms with E-state index in [4.69, 9.17) is 21.1 Å². The first-order chi connectivity index (χ1) is 24.4. The number of halogens is 1. The molecule has 0 spiro atoms. The molecule has 0 bridgehead atoms. The van der Waals surface area contributed by atoms with Crippen molar-refractivity contribution in [2.24, 2.45) is 5.92 Å². The Morgan fingerprint density at radius 2 is 1.83 bits per heavy atom. The number of carbonyl (C=O) groups is 5. The molecule has 6 rings (SSSR count). The van der Waals surface area contributed by atoms with Crippen LogP contribution in [0.5, 0.6) is 0 Å². The van der Waals surface area contributed by atoms with Gasteiger partial charge in [0.05, 0.1) is 17.8 Å². The molecular formula is C36H48ClN5O9S. The fourth-order valence-corrected chi connectivity index (χ4v) is 8.69. The summed E-state index contributed by atoms with van der Waals surface area (Å²) in [6, 6.07) is 3.18. The highest BCUT2D eigenvalue weighted by Crippen LogP contribution is 2.47. The lowest BCUT2D eigenvalue weighted by Crippen LogP contribution is -2.58. The lowest BCUT2D eigenvalue weighted by molar-refractivity contribution is -0.141. The van der Waals surface area contributed by atoms with Gasteiger partial charge in [-0.3, -0.25) is 24.0 Å². The first kappa shape index (κ1) is 37.9. The van der Waals surface area contributed by atoms with Crippen LogP contribution in [-0.4, -0.2) is 88.7 Å². The lowest BCUT2D eigenvalue weighted by Gasteiger charge is -2.30.